The van der Waals surface area contributed by atoms with E-state index >= 15 is 0 Å². The quantitative estimate of drug-likeness (QED) is 0.774. The summed E-state index contributed by atoms with van der Waals surface area (Å²) < 4.78 is 1.46. The smallest absolute Gasteiger partial charge is 0.326 e. The van der Waals surface area contributed by atoms with Crippen molar-refractivity contribution in [3.8, 4) is 0 Å². The van der Waals surface area contributed by atoms with E-state index in [2.05, 4.69) is 15.4 Å². The van der Waals surface area contributed by atoms with E-state index in [1.165, 1.54) is 29.5 Å². The third-order valence-electron chi connectivity index (χ3n) is 3.55. The van der Waals surface area contributed by atoms with Crippen LogP contribution in [-0.2, 0) is 9.59 Å². The van der Waals surface area contributed by atoms with E-state index in [4.69, 9.17) is 0 Å². The van der Waals surface area contributed by atoms with Crippen LogP contribution in [0.4, 0.5) is 0 Å². The molecule has 2 aromatic rings. The second-order valence-corrected chi connectivity index (χ2v) is 5.39. The number of carboxylic acids is 1. The van der Waals surface area contributed by atoms with Crippen molar-refractivity contribution >= 4 is 23.4 Å². The third kappa shape index (κ3) is 3.67. The Kier molecular flexibility index (Phi) is 5.12. The van der Waals surface area contributed by atoms with Gasteiger partial charge in [-0.1, -0.05) is 0 Å². The summed E-state index contributed by atoms with van der Waals surface area (Å²) in [5.41, 5.74) is 1.30. The fourth-order valence-corrected chi connectivity index (χ4v) is 2.22. The van der Waals surface area contributed by atoms with Gasteiger partial charge in [0.2, 0.25) is 5.91 Å². The Morgan fingerprint density at radius 2 is 2.12 bits per heavy atom. The Morgan fingerprint density at radius 3 is 2.75 bits per heavy atom. The molecule has 9 nitrogen and oxygen atoms in total. The van der Waals surface area contributed by atoms with Gasteiger partial charge in [0.15, 0.2) is 5.65 Å². The largest absolute Gasteiger partial charge is 0.480 e. The van der Waals surface area contributed by atoms with Gasteiger partial charge >= 0.3 is 5.97 Å². The highest BCUT2D eigenvalue weighted by Crippen LogP contribution is 2.14. The number of carbonyl (C=O) groups excluding carboxylic acids is 2. The van der Waals surface area contributed by atoms with Gasteiger partial charge in [0.25, 0.3) is 5.91 Å². The lowest BCUT2D eigenvalue weighted by Crippen LogP contribution is -2.46. The first-order valence-corrected chi connectivity index (χ1v) is 7.40. The van der Waals surface area contributed by atoms with Crippen LogP contribution in [0.25, 0.3) is 5.65 Å². The van der Waals surface area contributed by atoms with Crippen molar-refractivity contribution in [3.63, 3.8) is 0 Å². The lowest BCUT2D eigenvalue weighted by molar-refractivity contribution is -0.141. The Morgan fingerprint density at radius 1 is 1.42 bits per heavy atom. The maximum atomic E-state index is 12.8. The molecule has 0 spiro atoms. The minimum atomic E-state index is -1.13. The molecule has 0 radical (unpaired) electrons. The van der Waals surface area contributed by atoms with Gasteiger partial charge in [0, 0.05) is 31.9 Å². The van der Waals surface area contributed by atoms with Gasteiger partial charge in [-0.25, -0.2) is 14.3 Å². The number of carbonyl (C=O) groups is 3. The number of hydrogen-bond donors (Lipinski definition) is 2. The Hall–Kier alpha value is -2.97. The van der Waals surface area contributed by atoms with Crippen LogP contribution in [-0.4, -0.2) is 61.5 Å². The molecule has 0 fully saturated rings. The summed E-state index contributed by atoms with van der Waals surface area (Å²) in [6.07, 6.45) is 3.04. The topological polar surface area (TPSA) is 117 Å². The number of hydrogen-bond acceptors (Lipinski definition) is 5. The lowest BCUT2D eigenvalue weighted by atomic mass is 10.2. The second-order valence-electron chi connectivity index (χ2n) is 5.39. The number of amides is 2. The molecular formula is C15H19N5O4. The van der Waals surface area contributed by atoms with E-state index in [0.717, 1.165) is 0 Å². The minimum absolute atomic E-state index is 0.0645. The Bertz CT molecular complexity index is 785. The molecule has 0 bridgehead atoms. The number of aromatic nitrogens is 3. The molecule has 9 heteroatoms. The second kappa shape index (κ2) is 7.07. The Labute approximate surface area is 138 Å². The zero-order valence-electron chi connectivity index (χ0n) is 13.7. The maximum absolute atomic E-state index is 12.8. The van der Waals surface area contributed by atoms with Crippen molar-refractivity contribution in [2.75, 3.05) is 13.1 Å². The molecule has 128 valence electrons. The number of aryl methyl sites for hydroxylation is 1. The first kappa shape index (κ1) is 17.4. The average Bonchev–Trinajstić information content (AvgIpc) is 2.93. The van der Waals surface area contributed by atoms with E-state index in [0.29, 0.717) is 11.3 Å². The highest BCUT2D eigenvalue weighted by Gasteiger charge is 2.28. The molecule has 1 unspecified atom stereocenters. The first-order valence-electron chi connectivity index (χ1n) is 7.40. The summed E-state index contributed by atoms with van der Waals surface area (Å²) >= 11 is 0. The summed E-state index contributed by atoms with van der Waals surface area (Å²) in [5, 5.41) is 15.9. The Balaban J connectivity index is 2.32. The van der Waals surface area contributed by atoms with Gasteiger partial charge in [-0.05, 0) is 19.9 Å². The summed E-state index contributed by atoms with van der Waals surface area (Å²) in [6, 6.07) is 0.703. The van der Waals surface area contributed by atoms with Crippen LogP contribution in [0.2, 0.25) is 0 Å². The molecule has 2 N–H and O–H groups in total. The van der Waals surface area contributed by atoms with Gasteiger partial charge in [0.05, 0.1) is 6.20 Å². The first-order chi connectivity index (χ1) is 11.3. The molecule has 2 rings (SSSR count). The summed E-state index contributed by atoms with van der Waals surface area (Å²) in [7, 11) is 0. The molecule has 0 saturated carbocycles. The fourth-order valence-electron chi connectivity index (χ4n) is 2.22. The summed E-state index contributed by atoms with van der Waals surface area (Å²) in [4.78, 5) is 40.6. The van der Waals surface area contributed by atoms with Crippen molar-refractivity contribution in [3.05, 3.63) is 29.7 Å². The van der Waals surface area contributed by atoms with Crippen LogP contribution in [0.1, 0.15) is 29.9 Å². The van der Waals surface area contributed by atoms with Crippen LogP contribution < -0.4 is 5.32 Å². The van der Waals surface area contributed by atoms with E-state index < -0.39 is 17.9 Å². The molecule has 0 aromatic carbocycles. The van der Waals surface area contributed by atoms with Gasteiger partial charge in [-0.2, -0.15) is 5.10 Å². The van der Waals surface area contributed by atoms with Crippen LogP contribution in [0.15, 0.2) is 18.5 Å². The molecule has 2 heterocycles. The van der Waals surface area contributed by atoms with Crippen LogP contribution in [0, 0.1) is 6.92 Å². The average molecular weight is 333 g/mol. The number of rotatable bonds is 6. The highest BCUT2D eigenvalue weighted by atomic mass is 16.4. The highest BCUT2D eigenvalue weighted by molar-refractivity contribution is 6.01. The maximum Gasteiger partial charge on any atom is 0.326 e. The number of nitrogens with one attached hydrogen (secondary N) is 1. The lowest BCUT2D eigenvalue weighted by Gasteiger charge is -2.26. The molecule has 0 aliphatic rings. The molecule has 2 aromatic heterocycles. The molecule has 24 heavy (non-hydrogen) atoms. The van der Waals surface area contributed by atoms with E-state index in [9.17, 15) is 19.5 Å². The molecule has 1 atom stereocenters. The van der Waals surface area contributed by atoms with Crippen molar-refractivity contribution in [2.24, 2.45) is 0 Å². The zero-order valence-corrected chi connectivity index (χ0v) is 13.7. The zero-order chi connectivity index (χ0) is 17.9. The standard InChI is InChI=1S/C15H19N5O4/c1-9-4-6-20-13(18-9)12(8-17-20)14(22)19(10(2)15(23)24)7-5-16-11(3)21/h4,6,8,10H,5,7H2,1-3H3,(H,16,21)(H,23,24). The van der Waals surface area contributed by atoms with Crippen LogP contribution >= 0.6 is 0 Å². The fraction of sp³-hybridized carbons (Fsp3) is 0.400. The summed E-state index contributed by atoms with van der Waals surface area (Å²) in [5.74, 6) is -1.88. The normalized spacial score (nSPS) is 12.0. The van der Waals surface area contributed by atoms with E-state index in [-0.39, 0.29) is 24.6 Å². The summed E-state index contributed by atoms with van der Waals surface area (Å²) in [6.45, 7) is 4.78. The molecule has 0 aliphatic heterocycles. The van der Waals surface area contributed by atoms with Gasteiger partial charge < -0.3 is 15.3 Å². The predicted octanol–water partition coefficient (Wildman–Crippen LogP) is 0.0891. The van der Waals surface area contributed by atoms with Crippen molar-refractivity contribution in [2.45, 2.75) is 26.8 Å². The van der Waals surface area contributed by atoms with Gasteiger partial charge in [-0.3, -0.25) is 9.59 Å². The van der Waals surface area contributed by atoms with Crippen molar-refractivity contribution < 1.29 is 19.5 Å². The van der Waals surface area contributed by atoms with Crippen LogP contribution in [0.5, 0.6) is 0 Å². The van der Waals surface area contributed by atoms with Crippen molar-refractivity contribution in [1.82, 2.24) is 24.8 Å². The van der Waals surface area contributed by atoms with Gasteiger partial charge in [0.1, 0.15) is 11.6 Å². The van der Waals surface area contributed by atoms with Crippen LogP contribution in [0.3, 0.4) is 0 Å². The third-order valence-corrected chi connectivity index (χ3v) is 3.55. The molecule has 2 amide bonds. The monoisotopic (exact) mass is 333 g/mol. The molecular weight excluding hydrogens is 314 g/mol. The number of aliphatic carboxylic acids is 1. The van der Waals surface area contributed by atoms with E-state index in [1.807, 2.05) is 0 Å². The van der Waals surface area contributed by atoms with Crippen molar-refractivity contribution in [1.29, 1.82) is 0 Å². The van der Waals surface area contributed by atoms with Gasteiger partial charge in [-0.15, -0.1) is 0 Å². The minimum Gasteiger partial charge on any atom is -0.480 e. The predicted molar refractivity (Wildman–Crippen MR) is 84.5 cm³/mol. The molecule has 0 saturated heterocycles. The SMILES string of the molecule is CC(=O)NCCN(C(=O)c1cnn2ccc(C)nc12)C(C)C(=O)O. The number of fused-ring (bicyclic) bond motifs is 1. The number of nitrogens with zero attached hydrogens (tertiary/aromatic N) is 4. The molecule has 0 aliphatic carbocycles. The van der Waals surface area contributed by atoms with E-state index in [1.54, 1.807) is 19.2 Å². The number of carboxylic acid groups (broad SMARTS) is 1.